The molecule has 0 aliphatic heterocycles. The third-order valence-electron chi connectivity index (χ3n) is 4.66. The van der Waals surface area contributed by atoms with Gasteiger partial charge in [-0.15, -0.1) is 0 Å². The number of nitrogens with zero attached hydrogens (tertiary/aromatic N) is 4. The predicted molar refractivity (Wildman–Crippen MR) is 117 cm³/mol. The van der Waals surface area contributed by atoms with E-state index >= 15 is 0 Å². The molecule has 0 fully saturated rings. The van der Waals surface area contributed by atoms with Crippen molar-refractivity contribution in [2.45, 2.75) is 25.7 Å². The van der Waals surface area contributed by atoms with E-state index in [0.29, 0.717) is 28.7 Å². The Hall–Kier alpha value is -3.72. The van der Waals surface area contributed by atoms with Crippen LogP contribution in [0.3, 0.4) is 0 Å². The van der Waals surface area contributed by atoms with Gasteiger partial charge in [0.2, 0.25) is 5.88 Å². The Morgan fingerprint density at radius 1 is 0.935 bits per heavy atom. The molecule has 0 saturated heterocycles. The standard InChI is InChI=1S/C22H21N5O3S/c1-15-4-5-16(2)20(12-15)31(28,29)26-18-6-8-19(9-7-18)30-22-13-21(24-14-25-22)27-11-10-23-17(27)3/h4-14,26H,1-3H3. The maximum absolute atomic E-state index is 12.8. The Balaban J connectivity index is 1.50. The van der Waals surface area contributed by atoms with Gasteiger partial charge in [0.1, 0.15) is 23.7 Å². The lowest BCUT2D eigenvalue weighted by Crippen LogP contribution is -2.14. The highest BCUT2D eigenvalue weighted by molar-refractivity contribution is 7.92. The van der Waals surface area contributed by atoms with Gasteiger partial charge in [-0.1, -0.05) is 12.1 Å². The average Bonchev–Trinajstić information content (AvgIpc) is 3.17. The van der Waals surface area contributed by atoms with Crippen LogP contribution in [-0.2, 0) is 10.0 Å². The Morgan fingerprint density at radius 3 is 2.42 bits per heavy atom. The molecule has 0 aliphatic carbocycles. The lowest BCUT2D eigenvalue weighted by molar-refractivity contribution is 0.461. The van der Waals surface area contributed by atoms with Crippen molar-refractivity contribution in [3.05, 3.63) is 84.2 Å². The van der Waals surface area contributed by atoms with Crippen LogP contribution in [0.5, 0.6) is 11.6 Å². The van der Waals surface area contributed by atoms with Crippen molar-refractivity contribution in [2.24, 2.45) is 0 Å². The quantitative estimate of drug-likeness (QED) is 0.488. The van der Waals surface area contributed by atoms with Gasteiger partial charge in [0.25, 0.3) is 10.0 Å². The number of nitrogens with one attached hydrogen (secondary N) is 1. The van der Waals surface area contributed by atoms with Crippen LogP contribution >= 0.6 is 0 Å². The zero-order chi connectivity index (χ0) is 22.0. The van der Waals surface area contributed by atoms with Gasteiger partial charge in [-0.25, -0.2) is 23.4 Å². The van der Waals surface area contributed by atoms with Crippen molar-refractivity contribution in [2.75, 3.05) is 4.72 Å². The molecule has 2 heterocycles. The van der Waals surface area contributed by atoms with Crippen molar-refractivity contribution < 1.29 is 13.2 Å². The topological polar surface area (TPSA) is 99.0 Å². The summed E-state index contributed by atoms with van der Waals surface area (Å²) in [4.78, 5) is 12.8. The molecule has 9 heteroatoms. The van der Waals surface area contributed by atoms with Crippen LogP contribution in [0.2, 0.25) is 0 Å². The van der Waals surface area contributed by atoms with Gasteiger partial charge in [-0.2, -0.15) is 0 Å². The normalized spacial score (nSPS) is 11.3. The molecule has 2 aromatic carbocycles. The number of aryl methyl sites for hydroxylation is 3. The summed E-state index contributed by atoms with van der Waals surface area (Å²) in [6.07, 6.45) is 4.91. The summed E-state index contributed by atoms with van der Waals surface area (Å²) in [7, 11) is -3.69. The highest BCUT2D eigenvalue weighted by Crippen LogP contribution is 2.25. The summed E-state index contributed by atoms with van der Waals surface area (Å²) in [6, 6.07) is 13.7. The largest absolute Gasteiger partial charge is 0.439 e. The molecule has 4 aromatic rings. The summed E-state index contributed by atoms with van der Waals surface area (Å²) in [5.74, 6) is 2.31. The Bertz CT molecular complexity index is 1330. The van der Waals surface area contributed by atoms with Gasteiger partial charge in [-0.05, 0) is 62.2 Å². The molecule has 4 rings (SSSR count). The molecule has 0 aliphatic rings. The Labute approximate surface area is 180 Å². The minimum atomic E-state index is -3.69. The lowest BCUT2D eigenvalue weighted by Gasteiger charge is -2.12. The van der Waals surface area contributed by atoms with Crippen molar-refractivity contribution in [1.29, 1.82) is 0 Å². The summed E-state index contributed by atoms with van der Waals surface area (Å²) in [6.45, 7) is 5.50. The fraction of sp³-hybridized carbons (Fsp3) is 0.136. The molecule has 2 aromatic heterocycles. The Kier molecular flexibility index (Phi) is 5.43. The van der Waals surface area contributed by atoms with Gasteiger partial charge in [0, 0.05) is 24.1 Å². The van der Waals surface area contributed by atoms with Crippen molar-refractivity contribution >= 4 is 15.7 Å². The predicted octanol–water partition coefficient (Wildman–Crippen LogP) is 4.18. The SMILES string of the molecule is Cc1ccc(C)c(S(=O)(=O)Nc2ccc(Oc3cc(-n4ccnc4C)ncn3)cc2)c1. The smallest absolute Gasteiger partial charge is 0.262 e. The number of hydrogen-bond acceptors (Lipinski definition) is 6. The number of imidazole rings is 1. The van der Waals surface area contributed by atoms with Crippen LogP contribution in [0.4, 0.5) is 5.69 Å². The molecule has 8 nitrogen and oxygen atoms in total. The number of hydrogen-bond donors (Lipinski definition) is 1. The van der Waals surface area contributed by atoms with E-state index in [1.807, 2.05) is 24.5 Å². The van der Waals surface area contributed by atoms with Gasteiger partial charge in [-0.3, -0.25) is 9.29 Å². The van der Waals surface area contributed by atoms with Crippen LogP contribution < -0.4 is 9.46 Å². The first-order chi connectivity index (χ1) is 14.8. The van der Waals surface area contributed by atoms with E-state index in [1.54, 1.807) is 61.8 Å². The second-order valence-electron chi connectivity index (χ2n) is 7.06. The average molecular weight is 436 g/mol. The fourth-order valence-corrected chi connectivity index (χ4v) is 4.45. The van der Waals surface area contributed by atoms with E-state index in [4.69, 9.17) is 4.74 Å². The van der Waals surface area contributed by atoms with E-state index < -0.39 is 10.0 Å². The molecule has 0 radical (unpaired) electrons. The third-order valence-corrected chi connectivity index (χ3v) is 6.19. The summed E-state index contributed by atoms with van der Waals surface area (Å²) in [5, 5.41) is 0. The second-order valence-corrected chi connectivity index (χ2v) is 8.71. The van der Waals surface area contributed by atoms with E-state index in [1.165, 1.54) is 6.33 Å². The van der Waals surface area contributed by atoms with Crippen LogP contribution in [0.1, 0.15) is 17.0 Å². The van der Waals surface area contributed by atoms with Gasteiger partial charge >= 0.3 is 0 Å². The monoisotopic (exact) mass is 435 g/mol. The lowest BCUT2D eigenvalue weighted by atomic mass is 10.2. The third kappa shape index (κ3) is 4.56. The minimum Gasteiger partial charge on any atom is -0.439 e. The van der Waals surface area contributed by atoms with Crippen LogP contribution in [-0.4, -0.2) is 27.9 Å². The zero-order valence-electron chi connectivity index (χ0n) is 17.3. The maximum atomic E-state index is 12.8. The van der Waals surface area contributed by atoms with Crippen molar-refractivity contribution in [3.8, 4) is 17.4 Å². The van der Waals surface area contributed by atoms with Crippen LogP contribution in [0.25, 0.3) is 5.82 Å². The van der Waals surface area contributed by atoms with E-state index in [9.17, 15) is 8.42 Å². The first kappa shape index (κ1) is 20.5. The molecule has 0 spiro atoms. The first-order valence-electron chi connectivity index (χ1n) is 9.52. The fourth-order valence-electron chi connectivity index (χ4n) is 3.06. The molecule has 1 N–H and O–H groups in total. The summed E-state index contributed by atoms with van der Waals surface area (Å²) < 4.78 is 35.7. The maximum Gasteiger partial charge on any atom is 0.262 e. The minimum absolute atomic E-state index is 0.260. The molecule has 0 atom stereocenters. The number of benzene rings is 2. The van der Waals surface area contributed by atoms with Crippen LogP contribution in [0.15, 0.2) is 72.1 Å². The molecule has 0 amide bonds. The van der Waals surface area contributed by atoms with Crippen LogP contribution in [0, 0.1) is 20.8 Å². The summed E-state index contributed by atoms with van der Waals surface area (Å²) in [5.41, 5.74) is 2.00. The number of anilines is 1. The molecular formula is C22H21N5O3S. The van der Waals surface area contributed by atoms with Crippen molar-refractivity contribution in [1.82, 2.24) is 19.5 Å². The molecular weight excluding hydrogens is 414 g/mol. The van der Waals surface area contributed by atoms with Gasteiger partial charge in [0.05, 0.1) is 4.90 Å². The Morgan fingerprint density at radius 2 is 1.71 bits per heavy atom. The number of rotatable bonds is 6. The molecule has 158 valence electrons. The van der Waals surface area contributed by atoms with E-state index in [2.05, 4.69) is 19.7 Å². The van der Waals surface area contributed by atoms with E-state index in [0.717, 1.165) is 11.4 Å². The highest BCUT2D eigenvalue weighted by Gasteiger charge is 2.17. The molecule has 0 unspecified atom stereocenters. The zero-order valence-corrected chi connectivity index (χ0v) is 18.1. The van der Waals surface area contributed by atoms with Gasteiger partial charge in [0.15, 0.2) is 0 Å². The molecule has 31 heavy (non-hydrogen) atoms. The van der Waals surface area contributed by atoms with Gasteiger partial charge < -0.3 is 4.74 Å². The highest BCUT2D eigenvalue weighted by atomic mass is 32.2. The molecule has 0 saturated carbocycles. The van der Waals surface area contributed by atoms with E-state index in [-0.39, 0.29) is 4.90 Å². The second kappa shape index (κ2) is 8.19. The molecule has 0 bridgehead atoms. The number of ether oxygens (including phenoxy) is 1. The summed E-state index contributed by atoms with van der Waals surface area (Å²) >= 11 is 0. The van der Waals surface area contributed by atoms with Crippen molar-refractivity contribution in [3.63, 3.8) is 0 Å². The first-order valence-corrected chi connectivity index (χ1v) is 11.0. The number of aromatic nitrogens is 4. The number of sulfonamides is 1.